The first-order valence-electron chi connectivity index (χ1n) is 6.81. The number of H-pyrrole nitrogens is 1. The van der Waals surface area contributed by atoms with Gasteiger partial charge in [0.2, 0.25) is 0 Å². The van der Waals surface area contributed by atoms with Crippen LogP contribution in [0.25, 0.3) is 0 Å². The van der Waals surface area contributed by atoms with Crippen molar-refractivity contribution in [1.82, 2.24) is 14.9 Å². The van der Waals surface area contributed by atoms with Gasteiger partial charge in [-0.05, 0) is 19.4 Å². The van der Waals surface area contributed by atoms with Crippen LogP contribution in [0.5, 0.6) is 0 Å². The maximum Gasteiger partial charge on any atom is 0.432 e. The van der Waals surface area contributed by atoms with Crippen LogP contribution in [-0.2, 0) is 15.7 Å². The first-order valence-corrected chi connectivity index (χ1v) is 6.81. The lowest BCUT2D eigenvalue weighted by atomic mass is 9.97. The number of methoxy groups -OCH3 is 1. The fourth-order valence-corrected chi connectivity index (χ4v) is 2.52. The van der Waals surface area contributed by atoms with Gasteiger partial charge in [0.25, 0.3) is 0 Å². The number of carbonyl (C=O) groups excluding carboxylic acids is 1. The Hall–Kier alpha value is -1.57. The molecule has 2 heterocycles. The van der Waals surface area contributed by atoms with E-state index in [-0.39, 0.29) is 18.3 Å². The fraction of sp³-hybridized carbons (Fsp3) is 0.692. The number of halogens is 3. The second kappa shape index (κ2) is 6.46. The van der Waals surface area contributed by atoms with E-state index >= 15 is 0 Å². The van der Waals surface area contributed by atoms with Gasteiger partial charge in [0.1, 0.15) is 11.5 Å². The highest BCUT2D eigenvalue weighted by atomic mass is 19.4. The number of alkyl halides is 3. The zero-order valence-corrected chi connectivity index (χ0v) is 11.7. The van der Waals surface area contributed by atoms with E-state index in [9.17, 15) is 18.0 Å². The summed E-state index contributed by atoms with van der Waals surface area (Å²) in [5.41, 5.74) is -0.816. The van der Waals surface area contributed by atoms with E-state index in [4.69, 9.17) is 0 Å². The topological polar surface area (TPSA) is 58.2 Å². The maximum atomic E-state index is 12.6. The van der Waals surface area contributed by atoms with Crippen LogP contribution in [0.3, 0.4) is 0 Å². The van der Waals surface area contributed by atoms with Gasteiger partial charge in [0.05, 0.1) is 19.7 Å². The Labute approximate surface area is 120 Å². The number of aromatic nitrogens is 2. The summed E-state index contributed by atoms with van der Waals surface area (Å²) in [6, 6.07) is 0. The molecule has 0 unspecified atom stereocenters. The molecule has 1 aromatic heterocycles. The summed E-state index contributed by atoms with van der Waals surface area (Å²) < 4.78 is 42.3. The SMILES string of the molecule is COC(=O)CCN1CCC[C@@H](c2ncc(C(F)(F)F)[nH]2)C1. The largest absolute Gasteiger partial charge is 0.469 e. The number of rotatable bonds is 4. The van der Waals surface area contributed by atoms with Crippen LogP contribution >= 0.6 is 0 Å². The number of likely N-dealkylation sites (tertiary alicyclic amines) is 1. The predicted octanol–water partition coefficient (Wildman–Crippen LogP) is 2.17. The lowest BCUT2D eigenvalue weighted by Crippen LogP contribution is -2.36. The van der Waals surface area contributed by atoms with Crippen LogP contribution in [0.1, 0.15) is 36.7 Å². The summed E-state index contributed by atoms with van der Waals surface area (Å²) in [6.45, 7) is 1.98. The summed E-state index contributed by atoms with van der Waals surface area (Å²) in [5.74, 6) is 0.0204. The molecule has 1 saturated heterocycles. The van der Waals surface area contributed by atoms with Crippen molar-refractivity contribution >= 4 is 5.97 Å². The summed E-state index contributed by atoms with van der Waals surface area (Å²) in [6.07, 6.45) is -1.62. The Kier molecular flexibility index (Phi) is 4.87. The van der Waals surface area contributed by atoms with Crippen LogP contribution in [0, 0.1) is 0 Å². The molecule has 8 heteroatoms. The molecule has 1 aromatic rings. The number of aromatic amines is 1. The molecule has 5 nitrogen and oxygen atoms in total. The standard InChI is InChI=1S/C13H18F3N3O2/c1-21-11(20)4-6-19-5-2-3-9(8-19)12-17-7-10(18-12)13(14,15)16/h7,9H,2-6,8H2,1H3,(H,17,18)/t9-/m1/s1. The molecule has 1 aliphatic rings. The van der Waals surface area contributed by atoms with Crippen molar-refractivity contribution in [3.05, 3.63) is 17.7 Å². The molecule has 0 amide bonds. The average molecular weight is 305 g/mol. The Balaban J connectivity index is 1.94. The van der Waals surface area contributed by atoms with Gasteiger partial charge in [-0.25, -0.2) is 4.98 Å². The van der Waals surface area contributed by atoms with E-state index in [0.29, 0.717) is 18.9 Å². The van der Waals surface area contributed by atoms with Gasteiger partial charge >= 0.3 is 12.1 Å². The zero-order valence-electron chi connectivity index (χ0n) is 11.7. The number of hydrogen-bond acceptors (Lipinski definition) is 4. The van der Waals surface area contributed by atoms with Gasteiger partial charge in [-0.15, -0.1) is 0 Å². The average Bonchev–Trinajstić information content (AvgIpc) is 2.95. The molecule has 21 heavy (non-hydrogen) atoms. The second-order valence-corrected chi connectivity index (χ2v) is 5.15. The van der Waals surface area contributed by atoms with Crippen molar-refractivity contribution in [3.63, 3.8) is 0 Å². The number of nitrogens with one attached hydrogen (secondary N) is 1. The van der Waals surface area contributed by atoms with Gasteiger partial charge in [-0.3, -0.25) is 4.79 Å². The van der Waals surface area contributed by atoms with Crippen molar-refractivity contribution in [3.8, 4) is 0 Å². The summed E-state index contributed by atoms with van der Waals surface area (Å²) >= 11 is 0. The number of piperidine rings is 1. The molecule has 0 aliphatic carbocycles. The van der Waals surface area contributed by atoms with Crippen LogP contribution < -0.4 is 0 Å². The minimum atomic E-state index is -4.40. The number of ether oxygens (including phenoxy) is 1. The Morgan fingerprint density at radius 3 is 2.95 bits per heavy atom. The molecular formula is C13H18F3N3O2. The number of carbonyl (C=O) groups is 1. The number of imidazole rings is 1. The van der Waals surface area contributed by atoms with Crippen LogP contribution in [0.4, 0.5) is 13.2 Å². The van der Waals surface area contributed by atoms with E-state index in [2.05, 4.69) is 19.6 Å². The van der Waals surface area contributed by atoms with Crippen molar-refractivity contribution in [1.29, 1.82) is 0 Å². The Bertz CT molecular complexity index is 487. The lowest BCUT2D eigenvalue weighted by Gasteiger charge is -2.31. The molecule has 1 N–H and O–H groups in total. The molecule has 0 aromatic carbocycles. The highest BCUT2D eigenvalue weighted by Crippen LogP contribution is 2.30. The van der Waals surface area contributed by atoms with Crippen molar-refractivity contribution in [2.75, 3.05) is 26.7 Å². The lowest BCUT2D eigenvalue weighted by molar-refractivity contribution is -0.142. The minimum Gasteiger partial charge on any atom is -0.469 e. The van der Waals surface area contributed by atoms with Crippen LogP contribution in [0.15, 0.2) is 6.20 Å². The molecule has 0 bridgehead atoms. The minimum absolute atomic E-state index is 0.0625. The van der Waals surface area contributed by atoms with Crippen LogP contribution in [0.2, 0.25) is 0 Å². The third-order valence-electron chi connectivity index (χ3n) is 3.65. The molecule has 0 radical (unpaired) electrons. The summed E-state index contributed by atoms with van der Waals surface area (Å²) in [7, 11) is 1.34. The molecule has 2 rings (SSSR count). The van der Waals surface area contributed by atoms with Gasteiger partial charge in [-0.1, -0.05) is 0 Å². The number of hydrogen-bond donors (Lipinski definition) is 1. The van der Waals surface area contributed by atoms with Gasteiger partial charge in [0.15, 0.2) is 0 Å². The van der Waals surface area contributed by atoms with Gasteiger partial charge in [0, 0.05) is 19.0 Å². The smallest absolute Gasteiger partial charge is 0.432 e. The molecule has 118 valence electrons. The summed E-state index contributed by atoms with van der Waals surface area (Å²) in [4.78, 5) is 19.4. The third kappa shape index (κ3) is 4.20. The molecular weight excluding hydrogens is 287 g/mol. The fourth-order valence-electron chi connectivity index (χ4n) is 2.52. The normalized spacial score (nSPS) is 20.5. The highest BCUT2D eigenvalue weighted by molar-refractivity contribution is 5.69. The molecule has 1 atom stereocenters. The molecule has 0 saturated carbocycles. The van der Waals surface area contributed by atoms with E-state index in [1.165, 1.54) is 7.11 Å². The van der Waals surface area contributed by atoms with Crippen molar-refractivity contribution < 1.29 is 22.7 Å². The first kappa shape index (κ1) is 15.8. The monoisotopic (exact) mass is 305 g/mol. The van der Waals surface area contributed by atoms with Gasteiger partial charge < -0.3 is 14.6 Å². The molecule has 0 spiro atoms. The highest BCUT2D eigenvalue weighted by Gasteiger charge is 2.34. The van der Waals surface area contributed by atoms with Crippen molar-refractivity contribution in [2.24, 2.45) is 0 Å². The van der Waals surface area contributed by atoms with E-state index in [0.717, 1.165) is 25.6 Å². The quantitative estimate of drug-likeness (QED) is 0.866. The number of nitrogens with zero attached hydrogens (tertiary/aromatic N) is 2. The predicted molar refractivity (Wildman–Crippen MR) is 68.6 cm³/mol. The van der Waals surface area contributed by atoms with E-state index < -0.39 is 11.9 Å². The van der Waals surface area contributed by atoms with Crippen LogP contribution in [-0.4, -0.2) is 47.6 Å². The third-order valence-corrected chi connectivity index (χ3v) is 3.65. The molecule has 1 aliphatic heterocycles. The first-order chi connectivity index (χ1) is 9.90. The molecule has 1 fully saturated rings. The number of esters is 1. The Morgan fingerprint density at radius 2 is 2.33 bits per heavy atom. The Morgan fingerprint density at radius 1 is 1.57 bits per heavy atom. The zero-order chi connectivity index (χ0) is 15.5. The van der Waals surface area contributed by atoms with Crippen molar-refractivity contribution in [2.45, 2.75) is 31.4 Å². The summed E-state index contributed by atoms with van der Waals surface area (Å²) in [5, 5.41) is 0. The maximum absolute atomic E-state index is 12.6. The van der Waals surface area contributed by atoms with E-state index in [1.807, 2.05) is 0 Å². The van der Waals surface area contributed by atoms with Gasteiger partial charge in [-0.2, -0.15) is 13.2 Å². The van der Waals surface area contributed by atoms with E-state index in [1.54, 1.807) is 0 Å². The second-order valence-electron chi connectivity index (χ2n) is 5.15.